The molecule has 1 N–H and O–H groups in total. The minimum atomic E-state index is -0.419. The van der Waals surface area contributed by atoms with Crippen LogP contribution in [0, 0.1) is 0 Å². The first-order valence-corrected chi connectivity index (χ1v) is 15.6. The highest BCUT2D eigenvalue weighted by Crippen LogP contribution is 2.30. The summed E-state index contributed by atoms with van der Waals surface area (Å²) in [5.41, 5.74) is 11.0. The van der Waals surface area contributed by atoms with E-state index < -0.39 is 6.23 Å². The van der Waals surface area contributed by atoms with E-state index in [4.69, 9.17) is 13.9 Å². The van der Waals surface area contributed by atoms with Gasteiger partial charge in [-0.1, -0.05) is 91.5 Å². The molecule has 2 heterocycles. The van der Waals surface area contributed by atoms with Crippen LogP contribution in [0.2, 0.25) is 0 Å². The van der Waals surface area contributed by atoms with E-state index in [1.165, 1.54) is 0 Å². The van der Waals surface area contributed by atoms with Crippen molar-refractivity contribution in [2.45, 2.75) is 13.2 Å². The van der Waals surface area contributed by atoms with Crippen LogP contribution in [0.1, 0.15) is 24.3 Å². The van der Waals surface area contributed by atoms with Gasteiger partial charge >= 0.3 is 0 Å². The van der Waals surface area contributed by atoms with Crippen molar-refractivity contribution in [2.75, 3.05) is 0 Å². The normalized spacial score (nSPS) is 14.5. The molecule has 0 radical (unpaired) electrons. The third kappa shape index (κ3) is 6.85. The number of hydrogen-bond donors (Lipinski definition) is 1. The van der Waals surface area contributed by atoms with E-state index in [-0.39, 0.29) is 0 Å². The van der Waals surface area contributed by atoms with Gasteiger partial charge in [0, 0.05) is 22.3 Å². The second kappa shape index (κ2) is 13.9. The third-order valence-corrected chi connectivity index (χ3v) is 7.91. The van der Waals surface area contributed by atoms with Gasteiger partial charge in [0.25, 0.3) is 0 Å². The molecule has 1 aromatic heterocycles. The summed E-state index contributed by atoms with van der Waals surface area (Å²) in [6.45, 7) is 6.01. The van der Waals surface area contributed by atoms with Crippen LogP contribution in [0.5, 0.6) is 11.5 Å². The van der Waals surface area contributed by atoms with Gasteiger partial charge in [0.2, 0.25) is 23.9 Å². The molecule has 7 heteroatoms. The summed E-state index contributed by atoms with van der Waals surface area (Å²) in [7, 11) is 0. The maximum absolute atomic E-state index is 6.11. The molecule has 1 aliphatic heterocycles. The van der Waals surface area contributed by atoms with Gasteiger partial charge in [-0.3, -0.25) is 5.43 Å². The van der Waals surface area contributed by atoms with Gasteiger partial charge in [-0.05, 0) is 95.9 Å². The Bertz CT molecular complexity index is 2100. The molecule has 0 spiro atoms. The molecule has 5 aromatic carbocycles. The molecule has 0 saturated carbocycles. The van der Waals surface area contributed by atoms with Crippen molar-refractivity contribution in [3.05, 3.63) is 175 Å². The highest BCUT2D eigenvalue weighted by molar-refractivity contribution is 5.97. The molecule has 0 fully saturated rings. The van der Waals surface area contributed by atoms with E-state index >= 15 is 0 Å². The van der Waals surface area contributed by atoms with Gasteiger partial charge < -0.3 is 13.9 Å². The molecule has 0 amide bonds. The van der Waals surface area contributed by atoms with Crippen LogP contribution in [0.25, 0.3) is 39.6 Å². The Balaban J connectivity index is 0.950. The summed E-state index contributed by atoms with van der Waals surface area (Å²) < 4.78 is 18.2. The predicted molar refractivity (Wildman–Crippen MR) is 190 cm³/mol. The Labute approximate surface area is 279 Å². The lowest BCUT2D eigenvalue weighted by molar-refractivity contribution is 0.191. The van der Waals surface area contributed by atoms with Crippen molar-refractivity contribution < 1.29 is 13.9 Å². The molecule has 0 aliphatic carbocycles. The van der Waals surface area contributed by atoms with Gasteiger partial charge in [-0.25, -0.2) is 0 Å². The van der Waals surface area contributed by atoms with Crippen molar-refractivity contribution in [3.63, 3.8) is 0 Å². The van der Waals surface area contributed by atoms with Gasteiger partial charge in [-0.2, -0.15) is 0 Å². The van der Waals surface area contributed by atoms with Crippen molar-refractivity contribution in [3.8, 4) is 45.5 Å². The molecular weight excluding hydrogens is 596 g/mol. The monoisotopic (exact) mass is 628 g/mol. The Morgan fingerprint density at radius 1 is 0.667 bits per heavy atom. The van der Waals surface area contributed by atoms with Crippen LogP contribution in [-0.2, 0) is 4.74 Å². The Hall–Kier alpha value is -6.47. The molecule has 234 valence electrons. The molecule has 48 heavy (non-hydrogen) atoms. The standard InChI is InChI=1S/C41H32N4O3/c1-3-29(15-14-28(2)30-10-6-4-7-11-30)38-42-43-40(47-38)34-20-24-36(25-21-34)46-37-26-22-35(23-27-37)41-45-44-39(48-41)33-18-16-32(17-19-33)31-12-8-5-9-13-31/h3-27,40,43H,1H2,2H3/b28-14+,29-15+. The minimum absolute atomic E-state index is 0.419. The fourth-order valence-corrected chi connectivity index (χ4v) is 5.20. The number of allylic oxidation sites excluding steroid dienone is 3. The first-order chi connectivity index (χ1) is 23.6. The Morgan fingerprint density at radius 3 is 1.83 bits per heavy atom. The fraction of sp³-hybridized carbons (Fsp3) is 0.0488. The van der Waals surface area contributed by atoms with Crippen LogP contribution >= 0.6 is 0 Å². The van der Waals surface area contributed by atoms with E-state index in [9.17, 15) is 0 Å². The van der Waals surface area contributed by atoms with Gasteiger partial charge in [0.1, 0.15) is 11.5 Å². The van der Waals surface area contributed by atoms with Crippen LogP contribution in [-0.4, -0.2) is 16.1 Å². The van der Waals surface area contributed by atoms with Crippen LogP contribution in [0.4, 0.5) is 0 Å². The zero-order chi connectivity index (χ0) is 32.7. The number of nitrogens with one attached hydrogen (secondary N) is 1. The first-order valence-electron chi connectivity index (χ1n) is 15.6. The molecule has 7 nitrogen and oxygen atoms in total. The smallest absolute Gasteiger partial charge is 0.248 e. The highest BCUT2D eigenvalue weighted by Gasteiger charge is 2.22. The Morgan fingerprint density at radius 2 is 1.21 bits per heavy atom. The largest absolute Gasteiger partial charge is 0.457 e. The lowest BCUT2D eigenvalue weighted by Crippen LogP contribution is -2.12. The lowest BCUT2D eigenvalue weighted by atomic mass is 10.0. The number of rotatable bonds is 10. The number of hydrogen-bond acceptors (Lipinski definition) is 7. The number of ether oxygens (including phenoxy) is 2. The molecule has 0 saturated heterocycles. The lowest BCUT2D eigenvalue weighted by Gasteiger charge is -2.13. The number of nitrogens with zero attached hydrogens (tertiary/aromatic N) is 3. The van der Waals surface area contributed by atoms with Crippen LogP contribution in [0.3, 0.4) is 0 Å². The van der Waals surface area contributed by atoms with Gasteiger partial charge in [0.15, 0.2) is 0 Å². The number of benzene rings is 5. The van der Waals surface area contributed by atoms with Crippen molar-refractivity contribution in [1.82, 2.24) is 15.6 Å². The molecule has 1 unspecified atom stereocenters. The summed E-state index contributed by atoms with van der Waals surface area (Å²) in [6.07, 6.45) is 5.32. The number of hydrazone groups is 1. The molecule has 0 bridgehead atoms. The summed E-state index contributed by atoms with van der Waals surface area (Å²) in [5.74, 6) is 2.77. The summed E-state index contributed by atoms with van der Waals surface area (Å²) >= 11 is 0. The first kappa shape index (κ1) is 30.2. The Kier molecular flexibility index (Phi) is 8.74. The zero-order valence-corrected chi connectivity index (χ0v) is 26.3. The maximum atomic E-state index is 6.11. The predicted octanol–water partition coefficient (Wildman–Crippen LogP) is 10.0. The molecular formula is C41H32N4O3. The van der Waals surface area contributed by atoms with Gasteiger partial charge in [-0.15, -0.1) is 15.3 Å². The average molecular weight is 629 g/mol. The van der Waals surface area contributed by atoms with Crippen molar-refractivity contribution in [2.24, 2.45) is 5.10 Å². The summed E-state index contributed by atoms with van der Waals surface area (Å²) in [4.78, 5) is 0. The van der Waals surface area contributed by atoms with Gasteiger partial charge in [0.05, 0.1) is 0 Å². The van der Waals surface area contributed by atoms with E-state index in [0.717, 1.165) is 44.5 Å². The van der Waals surface area contributed by atoms with Crippen molar-refractivity contribution >= 4 is 11.5 Å². The molecule has 1 aliphatic rings. The maximum Gasteiger partial charge on any atom is 0.248 e. The topological polar surface area (TPSA) is 81.8 Å². The highest BCUT2D eigenvalue weighted by atomic mass is 16.5. The molecule has 7 rings (SSSR count). The number of aromatic nitrogens is 2. The second-order valence-electron chi connectivity index (χ2n) is 11.1. The van der Waals surface area contributed by atoms with E-state index in [1.807, 2.05) is 109 Å². The van der Waals surface area contributed by atoms with E-state index in [2.05, 4.69) is 70.6 Å². The average Bonchev–Trinajstić information content (AvgIpc) is 3.85. The van der Waals surface area contributed by atoms with E-state index in [0.29, 0.717) is 29.2 Å². The SMILES string of the molecule is C=C/C(=C\C=C(/C)c1ccccc1)C1=NNC(c2ccc(Oc3ccc(-c4nnc(-c5ccc(-c6ccccc6)cc5)o4)cc3)cc2)O1. The minimum Gasteiger partial charge on any atom is -0.457 e. The molecule has 6 aromatic rings. The van der Waals surface area contributed by atoms with E-state index in [1.54, 1.807) is 6.08 Å². The fourth-order valence-electron chi connectivity index (χ4n) is 5.20. The van der Waals surface area contributed by atoms with Crippen LogP contribution < -0.4 is 10.2 Å². The zero-order valence-electron chi connectivity index (χ0n) is 26.3. The molecule has 1 atom stereocenters. The third-order valence-electron chi connectivity index (χ3n) is 7.91. The summed E-state index contributed by atoms with van der Waals surface area (Å²) in [5, 5.41) is 12.9. The van der Waals surface area contributed by atoms with Crippen molar-refractivity contribution in [1.29, 1.82) is 0 Å². The summed E-state index contributed by atoms with van der Waals surface area (Å²) in [6, 6.07) is 43.8. The quantitative estimate of drug-likeness (QED) is 0.152. The second-order valence-corrected chi connectivity index (χ2v) is 11.1. The van der Waals surface area contributed by atoms with Crippen LogP contribution in [0.15, 0.2) is 173 Å².